The number of benzene rings is 1. The first-order valence-corrected chi connectivity index (χ1v) is 9.75. The minimum absolute atomic E-state index is 1.05. The molecule has 0 bridgehead atoms. The highest BCUT2D eigenvalue weighted by atomic mass is 79.9. The van der Waals surface area contributed by atoms with E-state index in [9.17, 15) is 0 Å². The summed E-state index contributed by atoms with van der Waals surface area (Å²) in [4.78, 5) is 1.57. The molecular formula is C19H33BrN+. The SMILES string of the molecule is C=C(C[NH+](C)CCCCCCCC)c1ccccc1.CBr. The molecule has 1 atom stereocenters. The van der Waals surface area contributed by atoms with Gasteiger partial charge < -0.3 is 4.90 Å². The Bertz CT molecular complexity index is 348. The molecule has 0 radical (unpaired) electrons. The highest BCUT2D eigenvalue weighted by molar-refractivity contribution is 9.08. The number of hydrogen-bond donors (Lipinski definition) is 1. The Morgan fingerprint density at radius 2 is 1.57 bits per heavy atom. The van der Waals surface area contributed by atoms with Crippen LogP contribution in [0.3, 0.4) is 0 Å². The first kappa shape index (κ1) is 20.4. The predicted octanol–water partition coefficient (Wildman–Crippen LogP) is 4.59. The number of quaternary nitrogens is 1. The molecule has 0 aliphatic rings. The van der Waals surface area contributed by atoms with Gasteiger partial charge in [-0.25, -0.2) is 0 Å². The van der Waals surface area contributed by atoms with Gasteiger partial charge in [-0.1, -0.05) is 85.4 Å². The normalized spacial score (nSPS) is 11.4. The maximum Gasteiger partial charge on any atom is 0.103 e. The molecule has 2 heteroatoms. The van der Waals surface area contributed by atoms with Gasteiger partial charge in [-0.2, -0.15) is 0 Å². The van der Waals surface area contributed by atoms with Crippen LogP contribution in [-0.4, -0.2) is 26.0 Å². The molecule has 1 unspecified atom stereocenters. The van der Waals surface area contributed by atoms with Crippen LogP contribution in [0, 0.1) is 0 Å². The van der Waals surface area contributed by atoms with Crippen LogP contribution in [0.1, 0.15) is 51.0 Å². The van der Waals surface area contributed by atoms with Crippen molar-refractivity contribution in [3.05, 3.63) is 42.5 Å². The Morgan fingerprint density at radius 1 is 1.00 bits per heavy atom. The molecule has 0 aromatic heterocycles. The number of unbranched alkanes of at least 4 members (excludes halogenated alkanes) is 5. The fourth-order valence-electron chi connectivity index (χ4n) is 2.44. The summed E-state index contributed by atoms with van der Waals surface area (Å²) >= 11 is 2.94. The van der Waals surface area contributed by atoms with Gasteiger partial charge in [-0.05, 0) is 24.2 Å². The Kier molecular flexibility index (Phi) is 13.9. The van der Waals surface area contributed by atoms with Gasteiger partial charge in [0.25, 0.3) is 0 Å². The smallest absolute Gasteiger partial charge is 0.103 e. The molecule has 0 saturated heterocycles. The molecule has 1 nitrogen and oxygen atoms in total. The van der Waals surface area contributed by atoms with Gasteiger partial charge in [0.2, 0.25) is 0 Å². The first-order valence-electron chi connectivity index (χ1n) is 8.16. The number of likely N-dealkylation sites (N-methyl/N-ethyl adjacent to an activating group) is 1. The van der Waals surface area contributed by atoms with Crippen LogP contribution >= 0.6 is 15.9 Å². The first-order chi connectivity index (χ1) is 10.2. The summed E-state index contributed by atoms with van der Waals surface area (Å²) in [6.45, 7) is 8.80. The zero-order valence-corrected chi connectivity index (χ0v) is 15.7. The molecule has 0 heterocycles. The molecule has 0 aliphatic carbocycles. The summed E-state index contributed by atoms with van der Waals surface area (Å²) in [6.07, 6.45) is 8.27. The third-order valence-electron chi connectivity index (χ3n) is 3.65. The van der Waals surface area contributed by atoms with Crippen LogP contribution in [0.15, 0.2) is 36.9 Å². The lowest BCUT2D eigenvalue weighted by Crippen LogP contribution is -3.09. The minimum Gasteiger partial charge on any atom is -0.334 e. The van der Waals surface area contributed by atoms with Crippen LogP contribution in [0.25, 0.3) is 5.57 Å². The number of alkyl halides is 1. The monoisotopic (exact) mass is 354 g/mol. The van der Waals surface area contributed by atoms with Crippen molar-refractivity contribution >= 4 is 21.5 Å². The van der Waals surface area contributed by atoms with Crippen LogP contribution in [-0.2, 0) is 0 Å². The van der Waals surface area contributed by atoms with Crippen molar-refractivity contribution in [2.45, 2.75) is 45.4 Å². The van der Waals surface area contributed by atoms with Crippen molar-refractivity contribution in [2.24, 2.45) is 0 Å². The van der Waals surface area contributed by atoms with Crippen LogP contribution in [0.4, 0.5) is 0 Å². The zero-order valence-electron chi connectivity index (χ0n) is 14.1. The lowest BCUT2D eigenvalue weighted by atomic mass is 10.1. The largest absolute Gasteiger partial charge is 0.334 e. The molecular weight excluding hydrogens is 322 g/mol. The molecule has 21 heavy (non-hydrogen) atoms. The molecule has 1 aromatic carbocycles. The molecule has 0 aliphatic heterocycles. The number of nitrogens with one attached hydrogen (secondary N) is 1. The highest BCUT2D eigenvalue weighted by Gasteiger charge is 2.06. The summed E-state index contributed by atoms with van der Waals surface area (Å²) in [6, 6.07) is 10.5. The maximum atomic E-state index is 4.21. The fourth-order valence-corrected chi connectivity index (χ4v) is 2.44. The Hall–Kier alpha value is -0.600. The average Bonchev–Trinajstić information content (AvgIpc) is 2.53. The van der Waals surface area contributed by atoms with E-state index in [1.54, 1.807) is 4.90 Å². The van der Waals surface area contributed by atoms with Gasteiger partial charge in [0, 0.05) is 5.57 Å². The average molecular weight is 355 g/mol. The van der Waals surface area contributed by atoms with E-state index in [1.165, 1.54) is 56.2 Å². The van der Waals surface area contributed by atoms with Gasteiger partial charge in [0.1, 0.15) is 6.54 Å². The van der Waals surface area contributed by atoms with Gasteiger partial charge in [-0.15, -0.1) is 0 Å². The number of halogens is 1. The second kappa shape index (κ2) is 14.3. The molecule has 0 spiro atoms. The van der Waals surface area contributed by atoms with Gasteiger partial charge >= 0.3 is 0 Å². The van der Waals surface area contributed by atoms with Gasteiger partial charge in [0.15, 0.2) is 0 Å². The van der Waals surface area contributed by atoms with Crippen LogP contribution in [0.2, 0.25) is 0 Å². The Labute approximate surface area is 140 Å². The Balaban J connectivity index is 0.00000191. The van der Waals surface area contributed by atoms with Crippen molar-refractivity contribution in [1.82, 2.24) is 0 Å². The third kappa shape index (κ3) is 10.7. The molecule has 1 N–H and O–H groups in total. The van der Waals surface area contributed by atoms with E-state index in [4.69, 9.17) is 0 Å². The number of hydrogen-bond acceptors (Lipinski definition) is 0. The highest BCUT2D eigenvalue weighted by Crippen LogP contribution is 2.09. The van der Waals surface area contributed by atoms with E-state index in [0.717, 1.165) is 6.54 Å². The zero-order chi connectivity index (χ0) is 15.9. The van der Waals surface area contributed by atoms with Crippen LogP contribution < -0.4 is 4.90 Å². The molecule has 0 fully saturated rings. The maximum absolute atomic E-state index is 4.21. The summed E-state index contributed by atoms with van der Waals surface area (Å²) in [5.74, 6) is 1.81. The summed E-state index contributed by atoms with van der Waals surface area (Å²) in [5.41, 5.74) is 2.54. The summed E-state index contributed by atoms with van der Waals surface area (Å²) in [5, 5.41) is 0. The van der Waals surface area contributed by atoms with Crippen molar-refractivity contribution in [2.75, 3.05) is 26.0 Å². The van der Waals surface area contributed by atoms with E-state index in [0.29, 0.717) is 0 Å². The lowest BCUT2D eigenvalue weighted by molar-refractivity contribution is -0.871. The van der Waals surface area contributed by atoms with E-state index in [1.807, 2.05) is 5.83 Å². The Morgan fingerprint density at radius 3 is 2.19 bits per heavy atom. The van der Waals surface area contributed by atoms with Crippen molar-refractivity contribution in [3.8, 4) is 0 Å². The van der Waals surface area contributed by atoms with E-state index >= 15 is 0 Å². The van der Waals surface area contributed by atoms with Gasteiger partial charge in [-0.3, -0.25) is 0 Å². The molecule has 1 aromatic rings. The topological polar surface area (TPSA) is 4.44 Å². The van der Waals surface area contributed by atoms with Crippen LogP contribution in [0.5, 0.6) is 0 Å². The van der Waals surface area contributed by atoms with Crippen molar-refractivity contribution in [3.63, 3.8) is 0 Å². The number of rotatable bonds is 10. The van der Waals surface area contributed by atoms with Crippen molar-refractivity contribution < 1.29 is 4.90 Å². The molecule has 0 saturated carbocycles. The summed E-state index contributed by atoms with van der Waals surface area (Å²) < 4.78 is 0. The molecule has 0 amide bonds. The predicted molar refractivity (Wildman–Crippen MR) is 100 cm³/mol. The second-order valence-electron chi connectivity index (χ2n) is 5.62. The quantitative estimate of drug-likeness (QED) is 0.463. The van der Waals surface area contributed by atoms with E-state index in [-0.39, 0.29) is 0 Å². The second-order valence-corrected chi connectivity index (χ2v) is 5.62. The van der Waals surface area contributed by atoms with Gasteiger partial charge in [0.05, 0.1) is 13.6 Å². The standard InChI is InChI=1S/C18H29N.CH3Br/c1-4-5-6-7-8-12-15-19(3)16-17(2)18-13-10-9-11-14-18;1-2/h9-11,13-14H,2,4-8,12,15-16H2,1,3H3;1H3/p+1. The molecule has 120 valence electrons. The lowest BCUT2D eigenvalue weighted by Gasteiger charge is -2.15. The summed E-state index contributed by atoms with van der Waals surface area (Å²) in [7, 11) is 2.28. The van der Waals surface area contributed by atoms with E-state index in [2.05, 4.69) is 66.8 Å². The third-order valence-corrected chi connectivity index (χ3v) is 3.65. The molecule has 1 rings (SSSR count). The van der Waals surface area contributed by atoms with Crippen molar-refractivity contribution in [1.29, 1.82) is 0 Å². The minimum atomic E-state index is 1.05. The fraction of sp³-hybridized carbons (Fsp3) is 0.579. The van der Waals surface area contributed by atoms with E-state index < -0.39 is 0 Å².